The Hall–Kier alpha value is -1.86. The molecule has 5 rings (SSSR count). The van der Waals surface area contributed by atoms with Crippen LogP contribution in [0, 0.1) is 23.2 Å². The zero-order chi connectivity index (χ0) is 24.2. The molecule has 0 spiro atoms. The number of likely N-dealkylation sites (tertiary alicyclic amines) is 1. The summed E-state index contributed by atoms with van der Waals surface area (Å²) in [6.45, 7) is 5.67. The lowest BCUT2D eigenvalue weighted by molar-refractivity contribution is -0.163. The van der Waals surface area contributed by atoms with Gasteiger partial charge in [0.25, 0.3) is 10.1 Å². The predicted molar refractivity (Wildman–Crippen MR) is 119 cm³/mol. The maximum absolute atomic E-state index is 13.5. The van der Waals surface area contributed by atoms with E-state index in [-0.39, 0.29) is 24.3 Å². The second kappa shape index (κ2) is 8.12. The topological polar surface area (TPSA) is 117 Å². The van der Waals surface area contributed by atoms with Crippen molar-refractivity contribution in [1.82, 2.24) is 9.80 Å². The summed E-state index contributed by atoms with van der Waals surface area (Å²) in [4.78, 5) is 29.9. The number of ether oxygens (including phenoxy) is 1. The molecule has 9 nitrogen and oxygen atoms in total. The molecule has 1 saturated heterocycles. The van der Waals surface area contributed by atoms with Gasteiger partial charge in [-0.2, -0.15) is 13.7 Å². The van der Waals surface area contributed by atoms with E-state index in [1.54, 1.807) is 30.6 Å². The van der Waals surface area contributed by atoms with Crippen LogP contribution in [0.4, 0.5) is 4.79 Å². The summed E-state index contributed by atoms with van der Waals surface area (Å²) in [7, 11) is -3.68. The average molecular weight is 482 g/mol. The lowest BCUT2D eigenvalue weighted by atomic mass is 9.50. The monoisotopic (exact) mass is 481 g/mol. The van der Waals surface area contributed by atoms with Crippen molar-refractivity contribution in [3.05, 3.63) is 0 Å². The van der Waals surface area contributed by atoms with E-state index < -0.39 is 39.0 Å². The molecule has 4 saturated carbocycles. The summed E-state index contributed by atoms with van der Waals surface area (Å²) in [6.07, 6.45) is 5.95. The summed E-state index contributed by atoms with van der Waals surface area (Å²) in [5.41, 5.74) is -2.29. The third kappa shape index (κ3) is 4.99. The first kappa shape index (κ1) is 24.3. The lowest BCUT2D eigenvalue weighted by Crippen LogP contribution is -2.68. The van der Waals surface area contributed by atoms with Crippen molar-refractivity contribution < 1.29 is 26.9 Å². The number of nitriles is 1. The van der Waals surface area contributed by atoms with Crippen molar-refractivity contribution in [2.75, 3.05) is 19.3 Å². The van der Waals surface area contributed by atoms with Crippen LogP contribution in [0.1, 0.15) is 72.1 Å². The number of hydrogen-bond donors (Lipinski definition) is 0. The fourth-order valence-corrected chi connectivity index (χ4v) is 7.87. The molecule has 1 aliphatic heterocycles. The van der Waals surface area contributed by atoms with Crippen molar-refractivity contribution >= 4 is 22.1 Å². The van der Waals surface area contributed by atoms with Gasteiger partial charge in [0.2, 0.25) is 5.91 Å². The summed E-state index contributed by atoms with van der Waals surface area (Å²) in [5, 5.41) is 9.43. The van der Waals surface area contributed by atoms with Gasteiger partial charge in [-0.15, -0.1) is 0 Å². The Morgan fingerprint density at radius 2 is 1.82 bits per heavy atom. The van der Waals surface area contributed by atoms with Gasteiger partial charge in [-0.25, -0.2) is 4.79 Å². The van der Waals surface area contributed by atoms with E-state index in [1.807, 2.05) is 0 Å². The van der Waals surface area contributed by atoms with Crippen LogP contribution < -0.4 is 0 Å². The molecular formula is C23H35N3O6S. The molecule has 3 unspecified atom stereocenters. The predicted octanol–water partition coefficient (Wildman–Crippen LogP) is 2.81. The van der Waals surface area contributed by atoms with Gasteiger partial charge in [-0.1, -0.05) is 0 Å². The van der Waals surface area contributed by atoms with E-state index in [4.69, 9.17) is 8.92 Å². The molecular weight excluding hydrogens is 446 g/mol. The lowest BCUT2D eigenvalue weighted by Gasteiger charge is -2.63. The molecule has 33 heavy (non-hydrogen) atoms. The number of rotatable bonds is 5. The van der Waals surface area contributed by atoms with Crippen molar-refractivity contribution in [2.24, 2.45) is 11.8 Å². The van der Waals surface area contributed by atoms with Crippen molar-refractivity contribution in [1.29, 1.82) is 5.26 Å². The van der Waals surface area contributed by atoms with Crippen LogP contribution in [-0.4, -0.2) is 72.3 Å². The van der Waals surface area contributed by atoms with Gasteiger partial charge >= 0.3 is 6.09 Å². The standard InChI is InChI=1S/C23H35N3O6S/c1-21(2,3)31-20(28)26(14-19(27)25-7-5-6-18(25)13-24)22-9-16-8-17(10-22)12-23(11-16,15-22)32-33(4,29)30/h16-18H,5-12,14-15H2,1-4H3/t16-,17?,18-,22?,23?/m0/s1. The zero-order valence-electron chi connectivity index (χ0n) is 20.0. The van der Waals surface area contributed by atoms with Crippen molar-refractivity contribution in [3.63, 3.8) is 0 Å². The Morgan fingerprint density at radius 3 is 2.36 bits per heavy atom. The normalized spacial score (nSPS) is 35.4. The molecule has 5 aliphatic rings. The van der Waals surface area contributed by atoms with Crippen LogP contribution in [0.2, 0.25) is 0 Å². The number of amides is 2. The number of hydrogen-bond acceptors (Lipinski definition) is 7. The van der Waals surface area contributed by atoms with Crippen LogP contribution in [-0.2, 0) is 23.8 Å². The molecule has 1 heterocycles. The molecule has 5 fully saturated rings. The number of carbonyl (C=O) groups is 2. The Balaban J connectivity index is 1.67. The number of carbonyl (C=O) groups excluding carboxylic acids is 2. The fourth-order valence-electron chi connectivity index (χ4n) is 7.03. The Bertz CT molecular complexity index is 952. The number of nitrogens with zero attached hydrogens (tertiary/aromatic N) is 3. The minimum Gasteiger partial charge on any atom is -0.444 e. The molecule has 0 radical (unpaired) electrons. The maximum atomic E-state index is 13.5. The largest absolute Gasteiger partial charge is 0.444 e. The van der Waals surface area contributed by atoms with Crippen molar-refractivity contribution in [2.45, 2.75) is 94.9 Å². The highest BCUT2D eigenvalue weighted by molar-refractivity contribution is 7.86. The van der Waals surface area contributed by atoms with Gasteiger partial charge in [0.1, 0.15) is 18.2 Å². The molecule has 0 aromatic heterocycles. The third-order valence-corrected chi connectivity index (χ3v) is 8.16. The molecule has 4 bridgehead atoms. The second-order valence-corrected chi connectivity index (χ2v) is 13.2. The van der Waals surface area contributed by atoms with Crippen LogP contribution >= 0.6 is 0 Å². The summed E-state index contributed by atoms with van der Waals surface area (Å²) < 4.78 is 35.6. The van der Waals surface area contributed by atoms with Gasteiger partial charge in [0.05, 0.1) is 23.5 Å². The molecule has 0 N–H and O–H groups in total. The van der Waals surface area contributed by atoms with Gasteiger partial charge in [-0.3, -0.25) is 13.9 Å². The Kier molecular flexibility index (Phi) is 5.97. The van der Waals surface area contributed by atoms with Gasteiger partial charge in [0, 0.05) is 13.0 Å². The van der Waals surface area contributed by atoms with Crippen LogP contribution in [0.3, 0.4) is 0 Å². The van der Waals surface area contributed by atoms with E-state index in [9.17, 15) is 23.3 Å². The summed E-state index contributed by atoms with van der Waals surface area (Å²) in [6, 6.07) is 1.71. The SMILES string of the molecule is CC(C)(C)OC(=O)N(CC(=O)N1CCC[C@H]1C#N)C12CC3C[C@H](CC(OS(C)(=O)=O)(C3)C1)C2. The quantitative estimate of drug-likeness (QED) is 0.554. The molecule has 0 aromatic carbocycles. The molecule has 0 aromatic rings. The first-order valence-electron chi connectivity index (χ1n) is 11.8. The van der Waals surface area contributed by atoms with E-state index in [2.05, 4.69) is 6.07 Å². The Labute approximate surface area is 196 Å². The van der Waals surface area contributed by atoms with E-state index in [0.717, 1.165) is 19.1 Å². The smallest absolute Gasteiger partial charge is 0.411 e. The molecule has 4 aliphatic carbocycles. The minimum absolute atomic E-state index is 0.179. The van der Waals surface area contributed by atoms with E-state index >= 15 is 0 Å². The summed E-state index contributed by atoms with van der Waals surface area (Å²) in [5.74, 6) is 0.192. The van der Waals surface area contributed by atoms with Crippen LogP contribution in [0.25, 0.3) is 0 Å². The summed E-state index contributed by atoms with van der Waals surface area (Å²) >= 11 is 0. The first-order valence-corrected chi connectivity index (χ1v) is 13.7. The van der Waals surface area contributed by atoms with Gasteiger partial charge in [-0.05, 0) is 77.6 Å². The van der Waals surface area contributed by atoms with Crippen molar-refractivity contribution in [3.8, 4) is 6.07 Å². The average Bonchev–Trinajstić information content (AvgIpc) is 3.10. The highest BCUT2D eigenvalue weighted by atomic mass is 32.2. The van der Waals surface area contributed by atoms with Gasteiger partial charge < -0.3 is 9.64 Å². The van der Waals surface area contributed by atoms with Crippen LogP contribution in [0.15, 0.2) is 0 Å². The molecule has 5 atom stereocenters. The second-order valence-electron chi connectivity index (χ2n) is 11.6. The maximum Gasteiger partial charge on any atom is 0.411 e. The highest BCUT2D eigenvalue weighted by Crippen LogP contribution is 2.61. The first-order chi connectivity index (χ1) is 15.2. The van der Waals surface area contributed by atoms with Crippen LogP contribution in [0.5, 0.6) is 0 Å². The Morgan fingerprint density at radius 1 is 1.18 bits per heavy atom. The molecule has 10 heteroatoms. The van der Waals surface area contributed by atoms with Gasteiger partial charge in [0.15, 0.2) is 0 Å². The molecule has 2 amide bonds. The van der Waals surface area contributed by atoms with E-state index in [0.29, 0.717) is 45.1 Å². The fraction of sp³-hybridized carbons (Fsp3) is 0.870. The zero-order valence-corrected chi connectivity index (χ0v) is 20.8. The molecule has 184 valence electrons. The van der Waals surface area contributed by atoms with E-state index in [1.165, 1.54) is 0 Å². The highest BCUT2D eigenvalue weighted by Gasteiger charge is 2.63. The third-order valence-electron chi connectivity index (χ3n) is 7.51. The minimum atomic E-state index is -3.68.